The SMILES string of the molecule is CCC(C(=O)NC(C)C)N(Cc1cccc(C)c1)C(=O)CN(c1cc(OC)ccc1OC)S(C)(=O)=O. The highest BCUT2D eigenvalue weighted by Crippen LogP contribution is 2.34. The van der Waals surface area contributed by atoms with Crippen molar-refractivity contribution in [3.63, 3.8) is 0 Å². The molecule has 0 spiro atoms. The zero-order valence-corrected chi connectivity index (χ0v) is 22.9. The molecule has 0 aromatic heterocycles. The van der Waals surface area contributed by atoms with Crippen LogP contribution in [0, 0.1) is 6.92 Å². The van der Waals surface area contributed by atoms with E-state index in [2.05, 4.69) is 5.32 Å². The fourth-order valence-electron chi connectivity index (χ4n) is 3.89. The molecule has 198 valence electrons. The molecule has 10 heteroatoms. The van der Waals surface area contributed by atoms with Gasteiger partial charge in [-0.2, -0.15) is 0 Å². The Balaban J connectivity index is 2.53. The highest BCUT2D eigenvalue weighted by Gasteiger charge is 2.33. The van der Waals surface area contributed by atoms with E-state index >= 15 is 0 Å². The van der Waals surface area contributed by atoms with E-state index in [0.717, 1.165) is 21.7 Å². The molecule has 0 heterocycles. The lowest BCUT2D eigenvalue weighted by Crippen LogP contribution is -2.53. The molecule has 0 aliphatic rings. The first-order chi connectivity index (χ1) is 16.9. The van der Waals surface area contributed by atoms with Gasteiger partial charge in [-0.05, 0) is 44.9 Å². The molecule has 0 saturated carbocycles. The lowest BCUT2D eigenvalue weighted by molar-refractivity contribution is -0.140. The molecule has 2 aromatic carbocycles. The number of nitrogens with zero attached hydrogens (tertiary/aromatic N) is 2. The minimum Gasteiger partial charge on any atom is -0.497 e. The number of nitrogens with one attached hydrogen (secondary N) is 1. The maximum atomic E-state index is 13.8. The van der Waals surface area contributed by atoms with Gasteiger partial charge in [0.2, 0.25) is 21.8 Å². The second-order valence-electron chi connectivity index (χ2n) is 8.91. The quantitative estimate of drug-likeness (QED) is 0.462. The summed E-state index contributed by atoms with van der Waals surface area (Å²) >= 11 is 0. The molecule has 0 radical (unpaired) electrons. The molecule has 0 saturated heterocycles. The Morgan fingerprint density at radius 3 is 2.28 bits per heavy atom. The lowest BCUT2D eigenvalue weighted by atomic mass is 10.1. The number of sulfonamides is 1. The first-order valence-electron chi connectivity index (χ1n) is 11.8. The third-order valence-corrected chi connectivity index (χ3v) is 6.71. The Labute approximate surface area is 214 Å². The summed E-state index contributed by atoms with van der Waals surface area (Å²) in [6.07, 6.45) is 1.38. The van der Waals surface area contributed by atoms with Crippen molar-refractivity contribution in [1.29, 1.82) is 0 Å². The fourth-order valence-corrected chi connectivity index (χ4v) is 4.74. The van der Waals surface area contributed by atoms with Crippen LogP contribution in [-0.4, -0.2) is 64.2 Å². The van der Waals surface area contributed by atoms with Crippen LogP contribution in [0.2, 0.25) is 0 Å². The smallest absolute Gasteiger partial charge is 0.244 e. The summed E-state index contributed by atoms with van der Waals surface area (Å²) in [6, 6.07) is 11.5. The average Bonchev–Trinajstić information content (AvgIpc) is 2.80. The average molecular weight is 520 g/mol. The second kappa shape index (κ2) is 12.6. The van der Waals surface area contributed by atoms with Crippen molar-refractivity contribution in [3.8, 4) is 11.5 Å². The van der Waals surface area contributed by atoms with Crippen molar-refractivity contribution in [2.24, 2.45) is 0 Å². The van der Waals surface area contributed by atoms with E-state index in [1.165, 1.54) is 25.2 Å². The third kappa shape index (κ3) is 7.61. The van der Waals surface area contributed by atoms with Crippen molar-refractivity contribution >= 4 is 27.5 Å². The number of methoxy groups -OCH3 is 2. The van der Waals surface area contributed by atoms with Gasteiger partial charge >= 0.3 is 0 Å². The summed E-state index contributed by atoms with van der Waals surface area (Å²) in [6.45, 7) is 7.09. The highest BCUT2D eigenvalue weighted by atomic mass is 32.2. The van der Waals surface area contributed by atoms with Crippen LogP contribution in [0.5, 0.6) is 11.5 Å². The minimum atomic E-state index is -3.91. The number of ether oxygens (including phenoxy) is 2. The molecule has 0 fully saturated rings. The van der Waals surface area contributed by atoms with Gasteiger partial charge in [0.05, 0.1) is 26.2 Å². The lowest BCUT2D eigenvalue weighted by Gasteiger charge is -2.33. The molecule has 2 rings (SSSR count). The Hall–Kier alpha value is -3.27. The number of carbonyl (C=O) groups excluding carboxylic acids is 2. The van der Waals surface area contributed by atoms with Gasteiger partial charge in [-0.3, -0.25) is 13.9 Å². The van der Waals surface area contributed by atoms with Crippen molar-refractivity contribution in [1.82, 2.24) is 10.2 Å². The van der Waals surface area contributed by atoms with Crippen molar-refractivity contribution < 1.29 is 27.5 Å². The van der Waals surface area contributed by atoms with Gasteiger partial charge in [-0.25, -0.2) is 8.42 Å². The highest BCUT2D eigenvalue weighted by molar-refractivity contribution is 7.92. The van der Waals surface area contributed by atoms with E-state index < -0.39 is 28.5 Å². The normalized spacial score (nSPS) is 12.1. The van der Waals surface area contributed by atoms with E-state index in [0.29, 0.717) is 12.2 Å². The number of hydrogen-bond acceptors (Lipinski definition) is 6. The van der Waals surface area contributed by atoms with E-state index in [1.54, 1.807) is 12.1 Å². The number of hydrogen-bond donors (Lipinski definition) is 1. The van der Waals surface area contributed by atoms with Crippen LogP contribution >= 0.6 is 0 Å². The summed E-state index contributed by atoms with van der Waals surface area (Å²) in [5, 5.41) is 2.87. The first-order valence-corrected chi connectivity index (χ1v) is 13.6. The predicted molar refractivity (Wildman–Crippen MR) is 141 cm³/mol. The molecule has 1 unspecified atom stereocenters. The van der Waals surface area contributed by atoms with Crippen molar-refractivity contribution in [2.45, 2.75) is 52.7 Å². The van der Waals surface area contributed by atoms with Gasteiger partial charge in [0.1, 0.15) is 24.1 Å². The van der Waals surface area contributed by atoms with Gasteiger partial charge in [0.25, 0.3) is 0 Å². The van der Waals surface area contributed by atoms with Crippen LogP contribution in [0.25, 0.3) is 0 Å². The molecule has 2 amide bonds. The predicted octanol–water partition coefficient (Wildman–Crippen LogP) is 3.11. The number of anilines is 1. The zero-order chi connectivity index (χ0) is 27.0. The van der Waals surface area contributed by atoms with Gasteiger partial charge in [0.15, 0.2) is 0 Å². The van der Waals surface area contributed by atoms with E-state index in [1.807, 2.05) is 52.0 Å². The fraction of sp³-hybridized carbons (Fsp3) is 0.462. The number of rotatable bonds is 12. The molecule has 1 N–H and O–H groups in total. The largest absolute Gasteiger partial charge is 0.497 e. The van der Waals surface area contributed by atoms with Gasteiger partial charge in [-0.1, -0.05) is 36.8 Å². The van der Waals surface area contributed by atoms with Crippen molar-refractivity contribution in [3.05, 3.63) is 53.6 Å². The van der Waals surface area contributed by atoms with Gasteiger partial charge in [0, 0.05) is 18.7 Å². The van der Waals surface area contributed by atoms with Crippen molar-refractivity contribution in [2.75, 3.05) is 31.3 Å². The number of aryl methyl sites for hydroxylation is 1. The molecule has 0 aliphatic heterocycles. The third-order valence-electron chi connectivity index (χ3n) is 5.59. The zero-order valence-electron chi connectivity index (χ0n) is 22.1. The standard InChI is InChI=1S/C26H37N3O6S/c1-8-22(26(31)27-18(2)3)28(16-20-11-9-10-19(4)14-20)25(30)17-29(36(7,32)33)23-15-21(34-5)12-13-24(23)35-6/h9-15,18,22H,8,16-17H2,1-7H3,(H,27,31). The van der Waals surface area contributed by atoms with E-state index in [4.69, 9.17) is 9.47 Å². The van der Waals surface area contributed by atoms with Gasteiger partial charge in [-0.15, -0.1) is 0 Å². The van der Waals surface area contributed by atoms with Crippen LogP contribution in [0.4, 0.5) is 5.69 Å². The maximum absolute atomic E-state index is 13.8. The summed E-state index contributed by atoms with van der Waals surface area (Å²) < 4.78 is 37.3. The molecule has 9 nitrogen and oxygen atoms in total. The first kappa shape index (κ1) is 29.0. The molecule has 1 atom stereocenters. The number of benzene rings is 2. The Bertz CT molecular complexity index is 1170. The van der Waals surface area contributed by atoms with Crippen LogP contribution in [0.1, 0.15) is 38.3 Å². The maximum Gasteiger partial charge on any atom is 0.244 e. The number of amides is 2. The molecule has 0 bridgehead atoms. The minimum absolute atomic E-state index is 0.115. The van der Waals surface area contributed by atoms with E-state index in [-0.39, 0.29) is 29.9 Å². The topological polar surface area (TPSA) is 105 Å². The molecule has 0 aliphatic carbocycles. The summed E-state index contributed by atoms with van der Waals surface area (Å²) in [5.41, 5.74) is 2.02. The van der Waals surface area contributed by atoms with Crippen LogP contribution < -0.4 is 19.1 Å². The molecule has 36 heavy (non-hydrogen) atoms. The molecular weight excluding hydrogens is 482 g/mol. The monoisotopic (exact) mass is 519 g/mol. The summed E-state index contributed by atoms with van der Waals surface area (Å²) in [4.78, 5) is 28.3. The van der Waals surface area contributed by atoms with Crippen LogP contribution in [-0.2, 0) is 26.2 Å². The van der Waals surface area contributed by atoms with Crippen LogP contribution in [0.15, 0.2) is 42.5 Å². The Kier molecular flexibility index (Phi) is 10.2. The molecular formula is C26H37N3O6S. The number of carbonyl (C=O) groups is 2. The van der Waals surface area contributed by atoms with Gasteiger partial charge < -0.3 is 19.7 Å². The van der Waals surface area contributed by atoms with Crippen LogP contribution in [0.3, 0.4) is 0 Å². The second-order valence-corrected chi connectivity index (χ2v) is 10.8. The summed E-state index contributed by atoms with van der Waals surface area (Å²) in [5.74, 6) is -0.133. The molecule has 2 aromatic rings. The summed E-state index contributed by atoms with van der Waals surface area (Å²) in [7, 11) is -1.03. The van der Waals surface area contributed by atoms with E-state index in [9.17, 15) is 18.0 Å². The Morgan fingerprint density at radius 2 is 1.75 bits per heavy atom. The Morgan fingerprint density at radius 1 is 1.06 bits per heavy atom.